The minimum Gasteiger partial charge on any atom is -0.494 e. The molecule has 0 spiro atoms. The van der Waals surface area contributed by atoms with Crippen LogP contribution < -0.4 is 24.8 Å². The molecular formula is C20H17F3N2O4. The number of carbonyl (C=O) groups is 1. The standard InChI is InChI=1S/C20H17F3N2O4/c1-2-27-13-5-3-4-12(8-13)6-7-19(20(21,22)23)14-9-16-17(29-11-28-16)10-15(14)24-18(26)25-19/h3-10H,2,11H2,1H3,(H2,24,25,26)/b7-6+/t19-/m0/s1. The smallest absolute Gasteiger partial charge is 0.419 e. The maximum atomic E-state index is 14.3. The molecule has 0 radical (unpaired) electrons. The molecule has 9 heteroatoms. The van der Waals surface area contributed by atoms with Crippen LogP contribution in [0, 0.1) is 0 Å². The van der Waals surface area contributed by atoms with Crippen LogP contribution in [0.15, 0.2) is 42.5 Å². The van der Waals surface area contributed by atoms with Crippen molar-refractivity contribution in [2.75, 3.05) is 18.7 Å². The van der Waals surface area contributed by atoms with Crippen molar-refractivity contribution in [1.82, 2.24) is 5.32 Å². The second-order valence-corrected chi connectivity index (χ2v) is 6.47. The van der Waals surface area contributed by atoms with Crippen molar-refractivity contribution < 1.29 is 32.2 Å². The Balaban J connectivity index is 1.83. The van der Waals surface area contributed by atoms with Gasteiger partial charge in [-0.25, -0.2) is 4.79 Å². The maximum Gasteiger partial charge on any atom is 0.419 e. The van der Waals surface area contributed by atoms with Crippen molar-refractivity contribution in [2.45, 2.75) is 18.6 Å². The highest BCUT2D eigenvalue weighted by Crippen LogP contribution is 2.49. The zero-order chi connectivity index (χ0) is 20.6. The van der Waals surface area contributed by atoms with Gasteiger partial charge in [-0.3, -0.25) is 0 Å². The van der Waals surface area contributed by atoms with Gasteiger partial charge in [-0.15, -0.1) is 0 Å². The highest BCUT2D eigenvalue weighted by atomic mass is 19.4. The van der Waals surface area contributed by atoms with Crippen LogP contribution in [0.4, 0.5) is 23.7 Å². The third-order valence-corrected chi connectivity index (χ3v) is 4.64. The first-order valence-corrected chi connectivity index (χ1v) is 8.84. The quantitative estimate of drug-likeness (QED) is 0.789. The van der Waals surface area contributed by atoms with Gasteiger partial charge in [-0.1, -0.05) is 18.2 Å². The summed E-state index contributed by atoms with van der Waals surface area (Å²) in [6.45, 7) is 2.15. The van der Waals surface area contributed by atoms with Gasteiger partial charge in [0.25, 0.3) is 0 Å². The number of nitrogens with one attached hydrogen (secondary N) is 2. The second kappa shape index (κ2) is 6.91. The van der Waals surface area contributed by atoms with Gasteiger partial charge in [-0.05, 0) is 36.8 Å². The first-order chi connectivity index (χ1) is 13.8. The van der Waals surface area contributed by atoms with E-state index in [9.17, 15) is 18.0 Å². The fourth-order valence-corrected chi connectivity index (χ4v) is 3.32. The molecule has 0 aromatic heterocycles. The Morgan fingerprint density at radius 3 is 2.69 bits per heavy atom. The lowest BCUT2D eigenvalue weighted by molar-refractivity contribution is -0.181. The lowest BCUT2D eigenvalue weighted by atomic mass is 9.85. The number of ether oxygens (including phenoxy) is 3. The number of carbonyl (C=O) groups excluding carboxylic acids is 1. The Kier molecular flexibility index (Phi) is 4.52. The van der Waals surface area contributed by atoms with Gasteiger partial charge in [0.05, 0.1) is 12.3 Å². The van der Waals surface area contributed by atoms with Crippen LogP contribution in [-0.4, -0.2) is 25.6 Å². The first kappa shape index (κ1) is 19.0. The van der Waals surface area contributed by atoms with Crippen molar-refractivity contribution in [3.63, 3.8) is 0 Å². The molecular weight excluding hydrogens is 389 g/mol. The fourth-order valence-electron chi connectivity index (χ4n) is 3.32. The van der Waals surface area contributed by atoms with E-state index in [2.05, 4.69) is 5.32 Å². The lowest BCUT2D eigenvalue weighted by Crippen LogP contribution is -2.58. The SMILES string of the molecule is CCOc1cccc(/C=C/[C@]2(C(F)(F)F)NC(=O)Nc3cc4c(cc32)OCO4)c1. The fraction of sp³-hybridized carbons (Fsp3) is 0.250. The Morgan fingerprint density at radius 2 is 1.97 bits per heavy atom. The summed E-state index contributed by atoms with van der Waals surface area (Å²) in [6, 6.07) is 8.25. The van der Waals surface area contributed by atoms with E-state index in [1.807, 2.05) is 12.2 Å². The van der Waals surface area contributed by atoms with Crippen molar-refractivity contribution in [2.24, 2.45) is 0 Å². The number of benzene rings is 2. The van der Waals surface area contributed by atoms with E-state index in [4.69, 9.17) is 14.2 Å². The van der Waals surface area contributed by atoms with Gasteiger partial charge in [0.1, 0.15) is 5.75 Å². The van der Waals surface area contributed by atoms with E-state index >= 15 is 0 Å². The summed E-state index contributed by atoms with van der Waals surface area (Å²) in [4.78, 5) is 12.1. The predicted octanol–water partition coefficient (Wildman–Crippen LogP) is 4.42. The van der Waals surface area contributed by atoms with Crippen molar-refractivity contribution in [3.05, 3.63) is 53.6 Å². The summed E-state index contributed by atoms with van der Waals surface area (Å²) >= 11 is 0. The topological polar surface area (TPSA) is 68.8 Å². The molecule has 2 heterocycles. The molecule has 2 amide bonds. The number of halogens is 3. The molecule has 2 aliphatic rings. The monoisotopic (exact) mass is 406 g/mol. The third-order valence-electron chi connectivity index (χ3n) is 4.64. The molecule has 29 heavy (non-hydrogen) atoms. The summed E-state index contributed by atoms with van der Waals surface area (Å²) in [5.41, 5.74) is -2.43. The van der Waals surface area contributed by atoms with Crippen LogP contribution >= 0.6 is 0 Å². The largest absolute Gasteiger partial charge is 0.494 e. The van der Waals surface area contributed by atoms with E-state index in [1.165, 1.54) is 18.2 Å². The molecule has 4 rings (SSSR count). The van der Waals surface area contributed by atoms with Crippen LogP contribution in [0.5, 0.6) is 17.2 Å². The van der Waals surface area contributed by atoms with E-state index in [0.717, 1.165) is 6.08 Å². The molecule has 6 nitrogen and oxygen atoms in total. The number of hydrogen-bond donors (Lipinski definition) is 2. The molecule has 0 saturated heterocycles. The summed E-state index contributed by atoms with van der Waals surface area (Å²) < 4.78 is 58.8. The minimum absolute atomic E-state index is 0.00282. The number of hydrogen-bond acceptors (Lipinski definition) is 4. The van der Waals surface area contributed by atoms with Crippen LogP contribution in [0.3, 0.4) is 0 Å². The maximum absolute atomic E-state index is 14.3. The third kappa shape index (κ3) is 3.32. The van der Waals surface area contributed by atoms with Crippen molar-refractivity contribution >= 4 is 17.8 Å². The second-order valence-electron chi connectivity index (χ2n) is 6.47. The van der Waals surface area contributed by atoms with Crippen LogP contribution in [0.1, 0.15) is 18.1 Å². The first-order valence-electron chi connectivity index (χ1n) is 8.84. The number of urea groups is 1. The van der Waals surface area contributed by atoms with E-state index in [0.29, 0.717) is 17.9 Å². The molecule has 0 aliphatic carbocycles. The number of fused-ring (bicyclic) bond motifs is 2. The number of amides is 2. The molecule has 2 aliphatic heterocycles. The summed E-state index contributed by atoms with van der Waals surface area (Å²) in [7, 11) is 0. The minimum atomic E-state index is -4.82. The van der Waals surface area contributed by atoms with Crippen molar-refractivity contribution in [1.29, 1.82) is 0 Å². The zero-order valence-electron chi connectivity index (χ0n) is 15.3. The van der Waals surface area contributed by atoms with Gasteiger partial charge < -0.3 is 24.8 Å². The normalized spacial score (nSPS) is 20.2. The summed E-state index contributed by atoms with van der Waals surface area (Å²) in [5, 5.41) is 4.44. The Labute approximate surface area is 164 Å². The van der Waals surface area contributed by atoms with Crippen molar-refractivity contribution in [3.8, 4) is 17.2 Å². The lowest BCUT2D eigenvalue weighted by Gasteiger charge is -2.39. The van der Waals surface area contributed by atoms with E-state index in [-0.39, 0.29) is 29.5 Å². The van der Waals surface area contributed by atoms with Crippen LogP contribution in [0.2, 0.25) is 0 Å². The molecule has 0 fully saturated rings. The van der Waals surface area contributed by atoms with Gasteiger partial charge in [-0.2, -0.15) is 13.2 Å². The molecule has 2 N–H and O–H groups in total. The molecule has 152 valence electrons. The Bertz CT molecular complexity index is 990. The zero-order valence-corrected chi connectivity index (χ0v) is 15.3. The molecule has 2 aromatic carbocycles. The Morgan fingerprint density at radius 1 is 1.21 bits per heavy atom. The highest BCUT2D eigenvalue weighted by Gasteiger charge is 2.58. The van der Waals surface area contributed by atoms with E-state index < -0.39 is 17.7 Å². The summed E-state index contributed by atoms with van der Waals surface area (Å²) in [5.74, 6) is 0.992. The van der Waals surface area contributed by atoms with Crippen LogP contribution in [-0.2, 0) is 5.54 Å². The number of rotatable bonds is 4. The summed E-state index contributed by atoms with van der Waals surface area (Å²) in [6.07, 6.45) is -2.59. The number of alkyl halides is 3. The number of anilines is 1. The Hall–Kier alpha value is -3.36. The van der Waals surface area contributed by atoms with Gasteiger partial charge in [0, 0.05) is 11.6 Å². The molecule has 2 aromatic rings. The van der Waals surface area contributed by atoms with Crippen LogP contribution in [0.25, 0.3) is 6.08 Å². The molecule has 0 bridgehead atoms. The van der Waals surface area contributed by atoms with Gasteiger partial charge in [0.15, 0.2) is 17.0 Å². The molecule has 0 saturated carbocycles. The van der Waals surface area contributed by atoms with Gasteiger partial charge >= 0.3 is 12.2 Å². The average molecular weight is 406 g/mol. The van der Waals surface area contributed by atoms with Gasteiger partial charge in [0.2, 0.25) is 6.79 Å². The molecule has 0 unspecified atom stereocenters. The average Bonchev–Trinajstić information content (AvgIpc) is 3.11. The predicted molar refractivity (Wildman–Crippen MR) is 99.1 cm³/mol. The highest BCUT2D eigenvalue weighted by molar-refractivity contribution is 5.95. The molecule has 1 atom stereocenters. The van der Waals surface area contributed by atoms with E-state index in [1.54, 1.807) is 24.3 Å².